The topological polar surface area (TPSA) is 21.3 Å². The van der Waals surface area contributed by atoms with Crippen LogP contribution in [0.4, 0.5) is 0 Å². The summed E-state index contributed by atoms with van der Waals surface area (Å²) in [6.45, 7) is 3.30. The number of benzene rings is 1. The van der Waals surface area contributed by atoms with E-state index in [0.29, 0.717) is 6.04 Å². The minimum atomic E-state index is 0.485. The van der Waals surface area contributed by atoms with Gasteiger partial charge in [-0.15, -0.1) is 0 Å². The molecule has 0 spiro atoms. The molecule has 1 fully saturated rings. The first-order valence-electron chi connectivity index (χ1n) is 6.83. The average molecular weight is 312 g/mol. The van der Waals surface area contributed by atoms with Gasteiger partial charge in [0.15, 0.2) is 0 Å². The summed E-state index contributed by atoms with van der Waals surface area (Å²) in [5.41, 5.74) is 1.37. The van der Waals surface area contributed by atoms with Crippen LogP contribution < -0.4 is 10.1 Å². The molecule has 0 radical (unpaired) electrons. The lowest BCUT2D eigenvalue weighted by Crippen LogP contribution is -2.32. The third-order valence-electron chi connectivity index (χ3n) is 3.78. The van der Waals surface area contributed by atoms with Crippen LogP contribution in [0.15, 0.2) is 22.7 Å². The SMILES string of the molecule is CCCNC(c1ccc(OC)cc1Br)C1CCC1. The summed E-state index contributed by atoms with van der Waals surface area (Å²) in [6, 6.07) is 6.79. The molecular formula is C15H22BrNO. The Morgan fingerprint density at radius 1 is 1.44 bits per heavy atom. The first kappa shape index (κ1) is 13.9. The minimum Gasteiger partial charge on any atom is -0.497 e. The Balaban J connectivity index is 2.18. The van der Waals surface area contributed by atoms with E-state index in [2.05, 4.69) is 46.4 Å². The number of ether oxygens (including phenoxy) is 1. The van der Waals surface area contributed by atoms with E-state index in [1.54, 1.807) is 7.11 Å². The second-order valence-electron chi connectivity index (χ2n) is 5.01. The highest BCUT2D eigenvalue weighted by Crippen LogP contribution is 2.40. The molecule has 2 nitrogen and oxygen atoms in total. The maximum Gasteiger partial charge on any atom is 0.120 e. The zero-order valence-electron chi connectivity index (χ0n) is 11.2. The summed E-state index contributed by atoms with van der Waals surface area (Å²) in [5, 5.41) is 3.70. The van der Waals surface area contributed by atoms with Crippen molar-refractivity contribution in [1.29, 1.82) is 0 Å². The first-order chi connectivity index (χ1) is 8.76. The third-order valence-corrected chi connectivity index (χ3v) is 4.46. The van der Waals surface area contributed by atoms with Crippen molar-refractivity contribution in [1.82, 2.24) is 5.32 Å². The normalized spacial score (nSPS) is 17.3. The highest BCUT2D eigenvalue weighted by molar-refractivity contribution is 9.10. The van der Waals surface area contributed by atoms with Gasteiger partial charge in [0.05, 0.1) is 7.11 Å². The van der Waals surface area contributed by atoms with E-state index >= 15 is 0 Å². The van der Waals surface area contributed by atoms with E-state index in [1.807, 2.05) is 0 Å². The van der Waals surface area contributed by atoms with Crippen molar-refractivity contribution >= 4 is 15.9 Å². The van der Waals surface area contributed by atoms with Gasteiger partial charge in [-0.2, -0.15) is 0 Å². The molecule has 1 atom stereocenters. The summed E-state index contributed by atoms with van der Waals surface area (Å²) >= 11 is 3.68. The molecule has 0 heterocycles. The Kier molecular flexibility index (Phi) is 5.07. The van der Waals surface area contributed by atoms with E-state index in [1.165, 1.54) is 31.2 Å². The van der Waals surface area contributed by atoms with Crippen molar-refractivity contribution in [3.63, 3.8) is 0 Å². The summed E-state index contributed by atoms with van der Waals surface area (Å²) in [5.74, 6) is 1.70. The molecule has 18 heavy (non-hydrogen) atoms. The molecule has 1 aliphatic rings. The Hall–Kier alpha value is -0.540. The van der Waals surface area contributed by atoms with Crippen LogP contribution in [0.1, 0.15) is 44.2 Å². The lowest BCUT2D eigenvalue weighted by molar-refractivity contribution is 0.230. The van der Waals surface area contributed by atoms with Gasteiger partial charge in [-0.3, -0.25) is 0 Å². The van der Waals surface area contributed by atoms with Gasteiger partial charge in [-0.05, 0) is 49.4 Å². The van der Waals surface area contributed by atoms with E-state index in [4.69, 9.17) is 4.74 Å². The van der Waals surface area contributed by atoms with Crippen molar-refractivity contribution in [2.24, 2.45) is 5.92 Å². The number of rotatable bonds is 6. The van der Waals surface area contributed by atoms with Crippen LogP contribution in [0, 0.1) is 5.92 Å². The van der Waals surface area contributed by atoms with Crippen LogP contribution in [0.25, 0.3) is 0 Å². The summed E-state index contributed by atoms with van der Waals surface area (Å²) in [4.78, 5) is 0. The summed E-state index contributed by atoms with van der Waals surface area (Å²) < 4.78 is 6.42. The maximum atomic E-state index is 5.26. The second-order valence-corrected chi connectivity index (χ2v) is 5.86. The molecule has 1 aromatic carbocycles. The number of hydrogen-bond donors (Lipinski definition) is 1. The molecule has 0 aromatic heterocycles. The van der Waals surface area contributed by atoms with E-state index in [-0.39, 0.29) is 0 Å². The first-order valence-corrected chi connectivity index (χ1v) is 7.62. The van der Waals surface area contributed by atoms with E-state index in [0.717, 1.165) is 22.7 Å². The molecule has 3 heteroatoms. The molecule has 1 N–H and O–H groups in total. The number of methoxy groups -OCH3 is 1. The Morgan fingerprint density at radius 3 is 2.72 bits per heavy atom. The van der Waals surface area contributed by atoms with E-state index in [9.17, 15) is 0 Å². The van der Waals surface area contributed by atoms with Gasteiger partial charge < -0.3 is 10.1 Å². The molecule has 0 amide bonds. The molecule has 1 saturated carbocycles. The molecule has 100 valence electrons. The molecular weight excluding hydrogens is 290 g/mol. The van der Waals surface area contributed by atoms with Crippen LogP contribution in [0.2, 0.25) is 0 Å². The third kappa shape index (κ3) is 3.07. The monoisotopic (exact) mass is 311 g/mol. The van der Waals surface area contributed by atoms with Gasteiger partial charge in [0.2, 0.25) is 0 Å². The smallest absolute Gasteiger partial charge is 0.120 e. The molecule has 1 unspecified atom stereocenters. The van der Waals surface area contributed by atoms with Crippen LogP contribution in [-0.2, 0) is 0 Å². The maximum absolute atomic E-state index is 5.26. The Labute approximate surface area is 118 Å². The standard InChI is InChI=1S/C15H22BrNO/c1-3-9-17-15(11-5-4-6-11)13-8-7-12(18-2)10-14(13)16/h7-8,10-11,15,17H,3-6,9H2,1-2H3. The fourth-order valence-electron chi connectivity index (χ4n) is 2.49. The molecule has 2 rings (SSSR count). The van der Waals surface area contributed by atoms with Crippen LogP contribution in [0.3, 0.4) is 0 Å². The molecule has 1 aliphatic carbocycles. The summed E-state index contributed by atoms with van der Waals surface area (Å²) in [6.07, 6.45) is 5.25. The zero-order valence-corrected chi connectivity index (χ0v) is 12.8. The Bertz CT molecular complexity index is 390. The minimum absolute atomic E-state index is 0.485. The molecule has 0 saturated heterocycles. The van der Waals surface area contributed by atoms with Gasteiger partial charge in [-0.25, -0.2) is 0 Å². The van der Waals surface area contributed by atoms with Gasteiger partial charge in [0, 0.05) is 10.5 Å². The highest BCUT2D eigenvalue weighted by Gasteiger charge is 2.29. The Morgan fingerprint density at radius 2 is 2.22 bits per heavy atom. The lowest BCUT2D eigenvalue weighted by Gasteiger charge is -2.35. The van der Waals surface area contributed by atoms with Crippen LogP contribution in [0.5, 0.6) is 5.75 Å². The second kappa shape index (κ2) is 6.58. The quantitative estimate of drug-likeness (QED) is 0.845. The largest absolute Gasteiger partial charge is 0.497 e. The molecule has 0 bridgehead atoms. The predicted molar refractivity (Wildman–Crippen MR) is 79.1 cm³/mol. The van der Waals surface area contributed by atoms with Gasteiger partial charge in [0.1, 0.15) is 5.75 Å². The fourth-order valence-corrected chi connectivity index (χ4v) is 3.10. The van der Waals surface area contributed by atoms with Crippen LogP contribution >= 0.6 is 15.9 Å². The van der Waals surface area contributed by atoms with E-state index < -0.39 is 0 Å². The van der Waals surface area contributed by atoms with Gasteiger partial charge in [0.25, 0.3) is 0 Å². The number of halogens is 1. The lowest BCUT2D eigenvalue weighted by atomic mass is 9.77. The van der Waals surface area contributed by atoms with Crippen molar-refractivity contribution < 1.29 is 4.74 Å². The van der Waals surface area contributed by atoms with Crippen molar-refractivity contribution in [3.05, 3.63) is 28.2 Å². The van der Waals surface area contributed by atoms with Crippen LogP contribution in [-0.4, -0.2) is 13.7 Å². The predicted octanol–water partition coefficient (Wildman–Crippen LogP) is 4.30. The van der Waals surface area contributed by atoms with Gasteiger partial charge in [-0.1, -0.05) is 35.3 Å². The number of hydrogen-bond acceptors (Lipinski definition) is 2. The fraction of sp³-hybridized carbons (Fsp3) is 0.600. The van der Waals surface area contributed by atoms with Crippen molar-refractivity contribution in [2.75, 3.05) is 13.7 Å². The summed E-state index contributed by atoms with van der Waals surface area (Å²) in [7, 11) is 1.71. The average Bonchev–Trinajstić information content (AvgIpc) is 2.32. The zero-order chi connectivity index (χ0) is 13.0. The molecule has 0 aliphatic heterocycles. The van der Waals surface area contributed by atoms with Crippen molar-refractivity contribution in [2.45, 2.75) is 38.6 Å². The number of nitrogens with one attached hydrogen (secondary N) is 1. The highest BCUT2D eigenvalue weighted by atomic mass is 79.9. The van der Waals surface area contributed by atoms with Crippen molar-refractivity contribution in [3.8, 4) is 5.75 Å². The molecule has 1 aromatic rings. The van der Waals surface area contributed by atoms with Gasteiger partial charge >= 0.3 is 0 Å².